The molecule has 0 saturated carbocycles. The molecule has 1 aliphatic heterocycles. The number of hydrogen-bond donors (Lipinski definition) is 1. The number of carbonyl (C=O) groups is 5. The van der Waals surface area contributed by atoms with Crippen LogP contribution in [0, 0.1) is 10.8 Å². The first-order chi connectivity index (χ1) is 20.6. The van der Waals surface area contributed by atoms with E-state index in [0.29, 0.717) is 5.06 Å². The molecule has 1 fully saturated rings. The number of esters is 2. The van der Waals surface area contributed by atoms with Crippen molar-refractivity contribution < 1.29 is 43.1 Å². The number of carbonyl (C=O) groups excluding carboxylic acids is 5. The standard InChI is InChI=1S/C33H46N2O9/c1-19-21(3)25(9-10-26-22(4)20(2)24(6)33(26,8)18-42-30(39)15-16-43-34)32(7,23(19)5)17-41-29(38)13-14-31(40)44-35-27(36)11-12-28(35)37/h9-18,34H2,1-8H3. The summed E-state index contributed by atoms with van der Waals surface area (Å²) in [7, 11) is 0. The van der Waals surface area contributed by atoms with Crippen LogP contribution >= 0.6 is 0 Å². The topological polar surface area (TPSA) is 152 Å². The minimum atomic E-state index is -0.846. The molecule has 2 N–H and O–H groups in total. The number of ether oxygens (including phenoxy) is 2. The highest BCUT2D eigenvalue weighted by atomic mass is 16.7. The largest absolute Gasteiger partial charge is 0.464 e. The second-order valence-electron chi connectivity index (χ2n) is 12.4. The highest BCUT2D eigenvalue weighted by molar-refractivity contribution is 6.01. The highest BCUT2D eigenvalue weighted by Crippen LogP contribution is 2.53. The van der Waals surface area contributed by atoms with Crippen LogP contribution in [-0.4, -0.2) is 54.6 Å². The Morgan fingerprint density at radius 3 is 1.52 bits per heavy atom. The predicted octanol–water partition coefficient (Wildman–Crippen LogP) is 4.87. The molecule has 3 rings (SSSR count). The van der Waals surface area contributed by atoms with Gasteiger partial charge in [0.25, 0.3) is 11.8 Å². The summed E-state index contributed by atoms with van der Waals surface area (Å²) in [5, 5.41) is 0.468. The smallest absolute Gasteiger partial charge is 0.333 e. The fourth-order valence-electron chi connectivity index (χ4n) is 6.44. The summed E-state index contributed by atoms with van der Waals surface area (Å²) in [6.07, 6.45) is 0.975. The Hall–Kier alpha value is -3.57. The van der Waals surface area contributed by atoms with Crippen LogP contribution in [0.5, 0.6) is 0 Å². The second-order valence-corrected chi connectivity index (χ2v) is 12.4. The lowest BCUT2D eigenvalue weighted by Crippen LogP contribution is -2.32. The van der Waals surface area contributed by atoms with Crippen LogP contribution in [0.4, 0.5) is 0 Å². The normalized spacial score (nSPS) is 23.9. The lowest BCUT2D eigenvalue weighted by Gasteiger charge is -2.33. The zero-order valence-corrected chi connectivity index (χ0v) is 27.3. The zero-order valence-electron chi connectivity index (χ0n) is 27.3. The third kappa shape index (κ3) is 7.04. The maximum absolute atomic E-state index is 12.7. The second kappa shape index (κ2) is 14.0. The van der Waals surface area contributed by atoms with E-state index in [9.17, 15) is 24.0 Å². The van der Waals surface area contributed by atoms with Crippen molar-refractivity contribution in [2.24, 2.45) is 16.7 Å². The molecule has 2 atom stereocenters. The van der Waals surface area contributed by atoms with Crippen molar-refractivity contribution in [2.75, 3.05) is 19.8 Å². The van der Waals surface area contributed by atoms with Gasteiger partial charge in [-0.05, 0) is 90.5 Å². The molecule has 0 aromatic heterocycles. The Morgan fingerprint density at radius 2 is 1.09 bits per heavy atom. The summed E-state index contributed by atoms with van der Waals surface area (Å²) in [4.78, 5) is 69.8. The summed E-state index contributed by atoms with van der Waals surface area (Å²) >= 11 is 0. The van der Waals surface area contributed by atoms with Crippen LogP contribution in [0.3, 0.4) is 0 Å². The van der Waals surface area contributed by atoms with E-state index in [1.165, 1.54) is 27.9 Å². The molecule has 44 heavy (non-hydrogen) atoms. The monoisotopic (exact) mass is 614 g/mol. The number of imide groups is 1. The molecule has 3 aliphatic rings. The molecule has 0 radical (unpaired) electrons. The van der Waals surface area contributed by atoms with E-state index in [1.54, 1.807) is 0 Å². The summed E-state index contributed by atoms with van der Waals surface area (Å²) in [5.41, 5.74) is 8.41. The van der Waals surface area contributed by atoms with Crippen LogP contribution in [0.2, 0.25) is 0 Å². The Balaban J connectivity index is 1.66. The van der Waals surface area contributed by atoms with Crippen molar-refractivity contribution in [1.82, 2.24) is 5.06 Å². The molecule has 0 bridgehead atoms. The average Bonchev–Trinajstić information content (AvgIpc) is 3.45. The molecule has 0 aromatic rings. The molecule has 242 valence electrons. The van der Waals surface area contributed by atoms with Crippen molar-refractivity contribution in [3.63, 3.8) is 0 Å². The number of hydrogen-bond acceptors (Lipinski definition) is 10. The van der Waals surface area contributed by atoms with Gasteiger partial charge in [-0.15, -0.1) is 5.06 Å². The summed E-state index contributed by atoms with van der Waals surface area (Å²) in [5.74, 6) is 2.13. The fourth-order valence-corrected chi connectivity index (χ4v) is 6.44. The SMILES string of the molecule is CC1=C(C)C(C)(COC(=O)CCON)C(CCC2=C(C)C(C)=C(C)C2(C)COC(=O)CCC(=O)ON2C(=O)CCC2=O)=C1C. The number of allylic oxidation sites excluding steroid dienone is 4. The van der Waals surface area contributed by atoms with Crippen LogP contribution in [0.15, 0.2) is 44.6 Å². The van der Waals surface area contributed by atoms with Crippen LogP contribution in [0.1, 0.15) is 100 Å². The van der Waals surface area contributed by atoms with Gasteiger partial charge in [-0.1, -0.05) is 22.3 Å². The van der Waals surface area contributed by atoms with Crippen molar-refractivity contribution in [3.05, 3.63) is 44.6 Å². The van der Waals surface area contributed by atoms with E-state index in [1.807, 2.05) is 6.92 Å². The molecule has 11 heteroatoms. The van der Waals surface area contributed by atoms with Gasteiger partial charge < -0.3 is 19.1 Å². The van der Waals surface area contributed by atoms with E-state index in [4.69, 9.17) is 20.2 Å². The molecular formula is C33H46N2O9. The Morgan fingerprint density at radius 1 is 0.682 bits per heavy atom. The lowest BCUT2D eigenvalue weighted by molar-refractivity contribution is -0.197. The first-order valence-corrected chi connectivity index (χ1v) is 15.0. The average molecular weight is 615 g/mol. The summed E-state index contributed by atoms with van der Waals surface area (Å²) in [6.45, 7) is 17.1. The zero-order chi connectivity index (χ0) is 33.0. The maximum Gasteiger partial charge on any atom is 0.333 e. The number of nitrogens with two attached hydrogens (primary N) is 1. The van der Waals surface area contributed by atoms with Crippen molar-refractivity contribution in [2.45, 2.75) is 100 Å². The maximum atomic E-state index is 12.7. The molecule has 0 spiro atoms. The number of amides is 2. The summed E-state index contributed by atoms with van der Waals surface area (Å²) < 4.78 is 11.4. The highest BCUT2D eigenvalue weighted by Gasteiger charge is 2.43. The quantitative estimate of drug-likeness (QED) is 0.163. The van der Waals surface area contributed by atoms with Gasteiger partial charge >= 0.3 is 17.9 Å². The molecule has 1 saturated heterocycles. The third-order valence-electron chi connectivity index (χ3n) is 9.97. The third-order valence-corrected chi connectivity index (χ3v) is 9.97. The first kappa shape index (κ1) is 34.9. The summed E-state index contributed by atoms with van der Waals surface area (Å²) in [6, 6.07) is 0. The van der Waals surface area contributed by atoms with Gasteiger partial charge in [0.2, 0.25) is 0 Å². The molecular weight excluding hydrogens is 568 g/mol. The van der Waals surface area contributed by atoms with Gasteiger partial charge in [-0.3, -0.25) is 19.2 Å². The van der Waals surface area contributed by atoms with E-state index in [-0.39, 0.29) is 57.9 Å². The van der Waals surface area contributed by atoms with Gasteiger partial charge in [0.15, 0.2) is 0 Å². The van der Waals surface area contributed by atoms with E-state index >= 15 is 0 Å². The van der Waals surface area contributed by atoms with E-state index in [2.05, 4.69) is 53.3 Å². The molecule has 2 aliphatic carbocycles. The minimum absolute atomic E-state index is 0.00135. The van der Waals surface area contributed by atoms with Gasteiger partial charge in [0.1, 0.15) is 13.2 Å². The van der Waals surface area contributed by atoms with Crippen molar-refractivity contribution in [1.29, 1.82) is 0 Å². The Labute approximate surface area is 259 Å². The molecule has 0 aromatic carbocycles. The lowest BCUT2D eigenvalue weighted by atomic mass is 9.73. The minimum Gasteiger partial charge on any atom is -0.464 e. The predicted molar refractivity (Wildman–Crippen MR) is 161 cm³/mol. The van der Waals surface area contributed by atoms with Crippen LogP contribution < -0.4 is 5.90 Å². The number of nitrogens with zero attached hydrogens (tertiary/aromatic N) is 1. The number of rotatable bonds is 14. The van der Waals surface area contributed by atoms with Crippen molar-refractivity contribution >= 4 is 29.7 Å². The fraction of sp³-hybridized carbons (Fsp3) is 0.606. The molecule has 1 heterocycles. The molecule has 11 nitrogen and oxygen atoms in total. The molecule has 2 unspecified atom stereocenters. The van der Waals surface area contributed by atoms with Gasteiger partial charge in [-0.2, -0.15) is 0 Å². The van der Waals surface area contributed by atoms with Crippen LogP contribution in [-0.2, 0) is 43.1 Å². The van der Waals surface area contributed by atoms with E-state index < -0.39 is 34.6 Å². The van der Waals surface area contributed by atoms with Crippen LogP contribution in [0.25, 0.3) is 0 Å². The van der Waals surface area contributed by atoms with Gasteiger partial charge in [0, 0.05) is 23.7 Å². The van der Waals surface area contributed by atoms with E-state index in [0.717, 1.165) is 29.6 Å². The van der Waals surface area contributed by atoms with Gasteiger partial charge in [-0.25, -0.2) is 10.7 Å². The van der Waals surface area contributed by atoms with Gasteiger partial charge in [0.05, 0.1) is 25.9 Å². The molecule has 2 amide bonds. The number of hydroxylamine groups is 2. The Kier molecular flexibility index (Phi) is 11.1. The first-order valence-electron chi connectivity index (χ1n) is 15.0. The van der Waals surface area contributed by atoms with Crippen molar-refractivity contribution in [3.8, 4) is 0 Å². The Bertz CT molecular complexity index is 1350.